The lowest BCUT2D eigenvalue weighted by Gasteiger charge is -2.34. The minimum Gasteiger partial charge on any atom is -0.497 e. The van der Waals surface area contributed by atoms with E-state index in [1.54, 1.807) is 7.11 Å². The second kappa shape index (κ2) is 7.83. The molecule has 0 radical (unpaired) electrons. The third kappa shape index (κ3) is 3.84. The topological polar surface area (TPSA) is 90.1 Å². The number of nitrogens with one attached hydrogen (secondary N) is 2. The number of fused-ring (bicyclic) bond motifs is 1. The maximum absolute atomic E-state index is 13.2. The number of ether oxygens (including phenoxy) is 1. The molecule has 0 saturated carbocycles. The number of tetrazole rings is 1. The zero-order chi connectivity index (χ0) is 21.5. The lowest BCUT2D eigenvalue weighted by molar-refractivity contribution is -0.932. The number of hydrogen-bond acceptors (Lipinski definition) is 5. The number of pyridine rings is 1. The molecule has 2 N–H and O–H groups in total. The minimum absolute atomic E-state index is 0.0905. The molecule has 1 atom stereocenters. The lowest BCUT2D eigenvalue weighted by Crippen LogP contribution is -3.13. The molecule has 4 rings (SSSR count). The van der Waals surface area contributed by atoms with E-state index >= 15 is 0 Å². The number of quaternary nitrogens is 1. The van der Waals surface area contributed by atoms with Crippen molar-refractivity contribution in [3.05, 3.63) is 46.0 Å². The standard InChI is InChI=1S/C22H30N6O2/c1-14-8-10-27(11-9-14)19(20-24-25-26-28(20)22(2,3)4)17-13-15-12-16(30-5)6-7-18(15)23-21(17)29/h6-7,12-14,19H,8-11H2,1-5H3,(H,23,29)/p+1/t19-/m1/s1. The molecular weight excluding hydrogens is 380 g/mol. The van der Waals surface area contributed by atoms with Crippen molar-refractivity contribution in [3.8, 4) is 5.75 Å². The van der Waals surface area contributed by atoms with Gasteiger partial charge in [-0.05, 0) is 74.2 Å². The van der Waals surface area contributed by atoms with Crippen molar-refractivity contribution in [2.24, 2.45) is 5.92 Å². The van der Waals surface area contributed by atoms with Gasteiger partial charge in [0, 0.05) is 10.9 Å². The second-order valence-corrected chi connectivity index (χ2v) is 9.40. The summed E-state index contributed by atoms with van der Waals surface area (Å²) >= 11 is 0. The van der Waals surface area contributed by atoms with E-state index in [1.165, 1.54) is 4.90 Å². The van der Waals surface area contributed by atoms with Crippen LogP contribution in [0.2, 0.25) is 0 Å². The molecule has 30 heavy (non-hydrogen) atoms. The number of aromatic amines is 1. The molecule has 1 aromatic carbocycles. The Morgan fingerprint density at radius 2 is 1.97 bits per heavy atom. The first kappa shape index (κ1) is 20.5. The van der Waals surface area contributed by atoms with E-state index in [0.717, 1.165) is 48.4 Å². The van der Waals surface area contributed by atoms with E-state index in [1.807, 2.05) is 28.9 Å². The molecule has 1 aliphatic heterocycles. The summed E-state index contributed by atoms with van der Waals surface area (Å²) in [6, 6.07) is 7.43. The van der Waals surface area contributed by atoms with Crippen LogP contribution in [0.1, 0.15) is 58.0 Å². The number of benzene rings is 1. The van der Waals surface area contributed by atoms with Crippen LogP contribution in [0.5, 0.6) is 5.75 Å². The Morgan fingerprint density at radius 1 is 1.23 bits per heavy atom. The Labute approximate surface area is 176 Å². The van der Waals surface area contributed by atoms with E-state index < -0.39 is 0 Å². The molecule has 0 bridgehead atoms. The third-order valence-electron chi connectivity index (χ3n) is 6.10. The Morgan fingerprint density at radius 3 is 2.63 bits per heavy atom. The van der Waals surface area contributed by atoms with Gasteiger partial charge in [0.05, 0.1) is 31.3 Å². The molecule has 0 spiro atoms. The highest BCUT2D eigenvalue weighted by Crippen LogP contribution is 2.25. The van der Waals surface area contributed by atoms with Crippen molar-refractivity contribution < 1.29 is 9.64 Å². The third-order valence-corrected chi connectivity index (χ3v) is 6.10. The first-order valence-corrected chi connectivity index (χ1v) is 10.6. The fourth-order valence-corrected chi connectivity index (χ4v) is 4.36. The second-order valence-electron chi connectivity index (χ2n) is 9.40. The number of H-pyrrole nitrogens is 1. The first-order chi connectivity index (χ1) is 14.3. The Bertz CT molecular complexity index is 1090. The normalized spacial score (nSPS) is 21.0. The van der Waals surface area contributed by atoms with Crippen molar-refractivity contribution >= 4 is 10.9 Å². The van der Waals surface area contributed by atoms with Crippen molar-refractivity contribution in [3.63, 3.8) is 0 Å². The Balaban J connectivity index is 1.89. The van der Waals surface area contributed by atoms with E-state index in [-0.39, 0.29) is 17.1 Å². The van der Waals surface area contributed by atoms with Gasteiger partial charge >= 0.3 is 0 Å². The highest BCUT2D eigenvalue weighted by molar-refractivity contribution is 5.80. The molecule has 3 heterocycles. The van der Waals surface area contributed by atoms with Crippen LogP contribution in [0, 0.1) is 5.92 Å². The van der Waals surface area contributed by atoms with Gasteiger partial charge in [0.15, 0.2) is 6.04 Å². The van der Waals surface area contributed by atoms with Gasteiger partial charge in [-0.2, -0.15) is 0 Å². The summed E-state index contributed by atoms with van der Waals surface area (Å²) in [6.45, 7) is 10.5. The minimum atomic E-state index is -0.285. The van der Waals surface area contributed by atoms with Gasteiger partial charge in [0.25, 0.3) is 5.56 Å². The maximum Gasteiger partial charge on any atom is 0.258 e. The summed E-state index contributed by atoms with van der Waals surface area (Å²) in [7, 11) is 1.65. The largest absolute Gasteiger partial charge is 0.497 e. The fraction of sp³-hybridized carbons (Fsp3) is 0.545. The molecule has 1 fully saturated rings. The maximum atomic E-state index is 13.2. The zero-order valence-electron chi connectivity index (χ0n) is 18.4. The summed E-state index contributed by atoms with van der Waals surface area (Å²) in [5.41, 5.74) is 1.11. The highest BCUT2D eigenvalue weighted by atomic mass is 16.5. The van der Waals surface area contributed by atoms with E-state index in [0.29, 0.717) is 11.5 Å². The molecule has 3 aromatic rings. The number of rotatable bonds is 4. The number of nitrogens with zero attached hydrogens (tertiary/aromatic N) is 4. The fourth-order valence-electron chi connectivity index (χ4n) is 4.36. The van der Waals surface area contributed by atoms with E-state index in [4.69, 9.17) is 4.74 Å². The average molecular weight is 412 g/mol. The van der Waals surface area contributed by atoms with Crippen LogP contribution in [-0.2, 0) is 5.54 Å². The van der Waals surface area contributed by atoms with Crippen molar-refractivity contribution in [2.75, 3.05) is 20.2 Å². The van der Waals surface area contributed by atoms with Crippen molar-refractivity contribution in [1.82, 2.24) is 25.2 Å². The molecule has 0 aliphatic carbocycles. The molecule has 0 unspecified atom stereocenters. The van der Waals surface area contributed by atoms with Gasteiger partial charge in [0.2, 0.25) is 5.82 Å². The van der Waals surface area contributed by atoms with Crippen LogP contribution in [0.3, 0.4) is 0 Å². The molecule has 2 aromatic heterocycles. The Hall–Kier alpha value is -2.74. The number of methoxy groups -OCH3 is 1. The van der Waals surface area contributed by atoms with Crippen LogP contribution in [0.4, 0.5) is 0 Å². The number of aromatic nitrogens is 5. The molecule has 8 nitrogen and oxygen atoms in total. The first-order valence-electron chi connectivity index (χ1n) is 10.6. The SMILES string of the molecule is COc1ccc2[nH]c(=O)c([C@H](c3nnnn3C(C)(C)C)[NH+]3CCC(C)CC3)cc2c1. The Kier molecular flexibility index (Phi) is 5.36. The van der Waals surface area contributed by atoms with Gasteiger partial charge < -0.3 is 14.6 Å². The van der Waals surface area contributed by atoms with Gasteiger partial charge in [-0.25, -0.2) is 4.68 Å². The molecule has 8 heteroatoms. The molecule has 0 amide bonds. The summed E-state index contributed by atoms with van der Waals surface area (Å²) < 4.78 is 7.24. The van der Waals surface area contributed by atoms with Crippen molar-refractivity contribution in [2.45, 2.75) is 52.1 Å². The van der Waals surface area contributed by atoms with Crippen molar-refractivity contribution in [1.29, 1.82) is 0 Å². The molecule has 1 aliphatic rings. The smallest absolute Gasteiger partial charge is 0.258 e. The quantitative estimate of drug-likeness (QED) is 0.682. The molecule has 160 valence electrons. The predicted molar refractivity (Wildman–Crippen MR) is 115 cm³/mol. The van der Waals surface area contributed by atoms with Gasteiger partial charge in [0.1, 0.15) is 5.75 Å². The molecule has 1 saturated heterocycles. The van der Waals surface area contributed by atoms with Gasteiger partial charge in [-0.15, -0.1) is 5.10 Å². The summed E-state index contributed by atoms with van der Waals surface area (Å²) in [6.07, 6.45) is 2.25. The van der Waals surface area contributed by atoms with Gasteiger partial charge in [-0.1, -0.05) is 6.92 Å². The average Bonchev–Trinajstić information content (AvgIpc) is 3.19. The van der Waals surface area contributed by atoms with E-state index in [2.05, 4.69) is 48.2 Å². The van der Waals surface area contributed by atoms with E-state index in [9.17, 15) is 4.79 Å². The summed E-state index contributed by atoms with van der Waals surface area (Å²) in [5, 5.41) is 13.6. The van der Waals surface area contributed by atoms with Crippen LogP contribution >= 0.6 is 0 Å². The summed E-state index contributed by atoms with van der Waals surface area (Å²) in [5.74, 6) is 2.20. The predicted octanol–water partition coefficient (Wildman–Crippen LogP) is 1.68. The molecular formula is C22H31N6O2+. The van der Waals surface area contributed by atoms with Gasteiger partial charge in [-0.3, -0.25) is 4.79 Å². The number of hydrogen-bond donors (Lipinski definition) is 2. The van der Waals surface area contributed by atoms with Crippen LogP contribution < -0.4 is 15.2 Å². The highest BCUT2D eigenvalue weighted by Gasteiger charge is 2.37. The van der Waals surface area contributed by atoms with Crippen LogP contribution in [0.25, 0.3) is 10.9 Å². The monoisotopic (exact) mass is 411 g/mol. The summed E-state index contributed by atoms with van der Waals surface area (Å²) in [4.78, 5) is 17.6. The van der Waals surface area contributed by atoms with Crippen LogP contribution in [-0.4, -0.2) is 45.4 Å². The van der Waals surface area contributed by atoms with Crippen LogP contribution in [0.15, 0.2) is 29.1 Å². The number of piperidine rings is 1. The zero-order valence-corrected chi connectivity index (χ0v) is 18.4. The number of likely N-dealkylation sites (tertiary alicyclic amines) is 1. The lowest BCUT2D eigenvalue weighted by atomic mass is 9.95.